The molecule has 0 bridgehead atoms. The van der Waals surface area contributed by atoms with E-state index in [1.807, 2.05) is 16.4 Å². The minimum absolute atomic E-state index is 0.292. The normalized spacial score (nSPS) is 21.8. The van der Waals surface area contributed by atoms with Crippen molar-refractivity contribution < 1.29 is 0 Å². The predicted molar refractivity (Wildman–Crippen MR) is 79.8 cm³/mol. The van der Waals surface area contributed by atoms with Gasteiger partial charge in [-0.15, -0.1) is 0 Å². The lowest BCUT2D eigenvalue weighted by Gasteiger charge is -2.29. The van der Waals surface area contributed by atoms with Gasteiger partial charge in [-0.25, -0.2) is 9.67 Å². The van der Waals surface area contributed by atoms with E-state index in [9.17, 15) is 0 Å². The molecule has 1 aliphatic rings. The summed E-state index contributed by atoms with van der Waals surface area (Å²) in [6.07, 6.45) is 6.41. The average molecular weight is 283 g/mol. The summed E-state index contributed by atoms with van der Waals surface area (Å²) in [5.41, 5.74) is 2.99. The molecule has 2 unspecified atom stereocenters. The van der Waals surface area contributed by atoms with Gasteiger partial charge in [-0.05, 0) is 24.5 Å². The molecule has 0 radical (unpaired) electrons. The third-order valence-corrected chi connectivity index (χ3v) is 5.03. The van der Waals surface area contributed by atoms with E-state index in [-0.39, 0.29) is 0 Å². The molecule has 0 aliphatic carbocycles. The Balaban J connectivity index is 1.99. The number of nitrogens with zero attached hydrogens (tertiary/aromatic N) is 3. The molecule has 0 amide bonds. The topological polar surface area (TPSA) is 68.8 Å². The minimum Gasteiger partial charge on any atom is -0.271 e. The van der Waals surface area contributed by atoms with Crippen molar-refractivity contribution in [1.82, 2.24) is 20.2 Å². The second-order valence-electron chi connectivity index (χ2n) is 5.63. The quantitative estimate of drug-likeness (QED) is 0.613. The summed E-state index contributed by atoms with van der Waals surface area (Å²) < 4.78 is 2.02. The molecule has 6 heteroatoms. The van der Waals surface area contributed by atoms with E-state index in [1.165, 1.54) is 25.0 Å². The Morgan fingerprint density at radius 2 is 2.37 bits per heavy atom. The Hall–Kier alpha value is -0.590. The van der Waals surface area contributed by atoms with E-state index >= 15 is 0 Å². The van der Waals surface area contributed by atoms with E-state index < -0.39 is 0 Å². The van der Waals surface area contributed by atoms with Crippen molar-refractivity contribution in [2.75, 3.05) is 5.75 Å². The molecule has 0 saturated carbocycles. The molecule has 19 heavy (non-hydrogen) atoms. The zero-order chi connectivity index (χ0) is 13.7. The van der Waals surface area contributed by atoms with Crippen LogP contribution in [-0.4, -0.2) is 31.8 Å². The van der Waals surface area contributed by atoms with Gasteiger partial charge in [-0.1, -0.05) is 20.3 Å². The van der Waals surface area contributed by atoms with Crippen molar-refractivity contribution in [1.29, 1.82) is 0 Å². The Morgan fingerprint density at radius 3 is 3.00 bits per heavy atom. The molecule has 0 aromatic carbocycles. The number of hydrogen-bond donors (Lipinski definition) is 2. The highest BCUT2D eigenvalue weighted by atomic mass is 32.2. The summed E-state index contributed by atoms with van der Waals surface area (Å²) in [4.78, 5) is 4.40. The van der Waals surface area contributed by atoms with E-state index in [2.05, 4.69) is 29.4 Å². The highest BCUT2D eigenvalue weighted by Crippen LogP contribution is 2.28. The van der Waals surface area contributed by atoms with E-state index in [0.717, 1.165) is 18.8 Å². The summed E-state index contributed by atoms with van der Waals surface area (Å²) in [7, 11) is 0. The summed E-state index contributed by atoms with van der Waals surface area (Å²) in [6, 6.07) is 0.292. The second-order valence-corrected chi connectivity index (χ2v) is 6.98. The van der Waals surface area contributed by atoms with Gasteiger partial charge in [0, 0.05) is 24.3 Å². The van der Waals surface area contributed by atoms with Crippen molar-refractivity contribution in [3.63, 3.8) is 0 Å². The molecule has 5 nitrogen and oxygen atoms in total. The Labute approximate surface area is 119 Å². The SMILES string of the molecule is CC(C)Cn1ncnc1CC(NN)C1CCCCS1. The second kappa shape index (κ2) is 7.26. The number of nitrogens with one attached hydrogen (secondary N) is 1. The van der Waals surface area contributed by atoms with Gasteiger partial charge >= 0.3 is 0 Å². The van der Waals surface area contributed by atoms with Crippen LogP contribution < -0.4 is 11.3 Å². The Kier molecular flexibility index (Phi) is 5.66. The molecule has 1 aliphatic heterocycles. The molecule has 1 aromatic heterocycles. The maximum atomic E-state index is 5.75. The van der Waals surface area contributed by atoms with Crippen LogP contribution in [0.2, 0.25) is 0 Å². The maximum absolute atomic E-state index is 5.75. The lowest BCUT2D eigenvalue weighted by molar-refractivity contribution is 0.426. The summed E-state index contributed by atoms with van der Waals surface area (Å²) in [5, 5.41) is 4.92. The molecule has 1 saturated heterocycles. The molecule has 3 N–H and O–H groups in total. The van der Waals surface area contributed by atoms with Crippen molar-refractivity contribution >= 4 is 11.8 Å². The number of thioether (sulfide) groups is 1. The van der Waals surface area contributed by atoms with Crippen LogP contribution in [0.25, 0.3) is 0 Å². The van der Waals surface area contributed by atoms with Crippen LogP contribution in [0, 0.1) is 5.92 Å². The molecule has 0 spiro atoms. The van der Waals surface area contributed by atoms with Gasteiger partial charge in [-0.3, -0.25) is 11.3 Å². The van der Waals surface area contributed by atoms with Gasteiger partial charge < -0.3 is 0 Å². The highest BCUT2D eigenvalue weighted by molar-refractivity contribution is 8.00. The van der Waals surface area contributed by atoms with Crippen molar-refractivity contribution in [2.24, 2.45) is 11.8 Å². The van der Waals surface area contributed by atoms with Gasteiger partial charge in [0.15, 0.2) is 0 Å². The third-order valence-electron chi connectivity index (χ3n) is 3.51. The van der Waals surface area contributed by atoms with Crippen LogP contribution in [0.3, 0.4) is 0 Å². The third kappa shape index (κ3) is 4.19. The van der Waals surface area contributed by atoms with Gasteiger partial charge in [0.2, 0.25) is 0 Å². The molecular formula is C13H25N5S. The lowest BCUT2D eigenvalue weighted by Crippen LogP contribution is -2.45. The number of rotatable bonds is 6. The molecule has 2 atom stereocenters. The number of nitrogens with two attached hydrogens (primary N) is 1. The maximum Gasteiger partial charge on any atom is 0.138 e. The van der Waals surface area contributed by atoms with Crippen molar-refractivity contribution in [3.05, 3.63) is 12.2 Å². The molecular weight excluding hydrogens is 258 g/mol. The Bertz CT molecular complexity index is 373. The van der Waals surface area contributed by atoms with Gasteiger partial charge in [-0.2, -0.15) is 16.9 Å². The number of aromatic nitrogens is 3. The van der Waals surface area contributed by atoms with E-state index in [0.29, 0.717) is 17.2 Å². The number of hydrazine groups is 1. The first-order valence-corrected chi connectivity index (χ1v) is 8.20. The smallest absolute Gasteiger partial charge is 0.138 e. The summed E-state index contributed by atoms with van der Waals surface area (Å²) >= 11 is 2.04. The minimum atomic E-state index is 0.292. The fourth-order valence-electron chi connectivity index (χ4n) is 2.52. The molecule has 108 valence electrons. The van der Waals surface area contributed by atoms with E-state index in [1.54, 1.807) is 6.33 Å². The molecule has 2 rings (SSSR count). The first-order chi connectivity index (χ1) is 9.20. The molecule has 2 heterocycles. The van der Waals surface area contributed by atoms with Crippen molar-refractivity contribution in [2.45, 2.75) is 57.4 Å². The van der Waals surface area contributed by atoms with Crippen LogP contribution >= 0.6 is 11.8 Å². The van der Waals surface area contributed by atoms with Crippen molar-refractivity contribution in [3.8, 4) is 0 Å². The number of hydrogen-bond acceptors (Lipinski definition) is 5. The van der Waals surface area contributed by atoms with Crippen LogP contribution in [0.1, 0.15) is 38.9 Å². The average Bonchev–Trinajstić information content (AvgIpc) is 2.83. The van der Waals surface area contributed by atoms with Gasteiger partial charge in [0.25, 0.3) is 0 Å². The molecule has 1 aromatic rings. The highest BCUT2D eigenvalue weighted by Gasteiger charge is 2.25. The largest absolute Gasteiger partial charge is 0.271 e. The monoisotopic (exact) mass is 283 g/mol. The molecule has 1 fully saturated rings. The lowest BCUT2D eigenvalue weighted by atomic mass is 10.0. The van der Waals surface area contributed by atoms with Gasteiger partial charge in [0.05, 0.1) is 0 Å². The zero-order valence-corrected chi connectivity index (χ0v) is 12.7. The van der Waals surface area contributed by atoms with E-state index in [4.69, 9.17) is 5.84 Å². The standard InChI is InChI=1S/C13H25N5S/c1-10(2)8-18-13(15-9-16-18)7-11(17-14)12-5-3-4-6-19-12/h9-12,17H,3-8,14H2,1-2H3. The fraction of sp³-hybridized carbons (Fsp3) is 0.846. The fourth-order valence-corrected chi connectivity index (χ4v) is 3.94. The zero-order valence-electron chi connectivity index (χ0n) is 11.9. The summed E-state index contributed by atoms with van der Waals surface area (Å²) in [6.45, 7) is 5.31. The van der Waals surface area contributed by atoms with Crippen LogP contribution in [-0.2, 0) is 13.0 Å². The van der Waals surface area contributed by atoms with Gasteiger partial charge in [0.1, 0.15) is 12.2 Å². The first-order valence-electron chi connectivity index (χ1n) is 7.15. The van der Waals surface area contributed by atoms with Crippen LogP contribution in [0.15, 0.2) is 6.33 Å². The first kappa shape index (κ1) is 14.8. The predicted octanol–water partition coefficient (Wildman–Crippen LogP) is 1.59. The van der Waals surface area contributed by atoms with Crippen LogP contribution in [0.5, 0.6) is 0 Å². The van der Waals surface area contributed by atoms with Crippen LogP contribution in [0.4, 0.5) is 0 Å². The Morgan fingerprint density at radius 1 is 1.53 bits per heavy atom. The summed E-state index contributed by atoms with van der Waals surface area (Å²) in [5.74, 6) is 8.62.